The van der Waals surface area contributed by atoms with Gasteiger partial charge in [-0.25, -0.2) is 0 Å². The van der Waals surface area contributed by atoms with Crippen LogP contribution in [0.3, 0.4) is 0 Å². The summed E-state index contributed by atoms with van der Waals surface area (Å²) in [6.07, 6.45) is 0. The monoisotopic (exact) mass is 248 g/mol. The Kier molecular flexibility index (Phi) is 3.49. The maximum atomic E-state index is 11.6. The number of carbonyl (C=O) groups is 1. The number of hydrogen-bond donors (Lipinski definition) is 0. The highest BCUT2D eigenvalue weighted by molar-refractivity contribution is 8.00. The lowest BCUT2D eigenvalue weighted by atomic mass is 10.3. The lowest BCUT2D eigenvalue weighted by molar-refractivity contribution is 0.0455. The second kappa shape index (κ2) is 4.66. The van der Waals surface area contributed by atoms with Crippen molar-refractivity contribution in [2.75, 3.05) is 19.0 Å². The quantitative estimate of drug-likeness (QED) is 0.767. The van der Waals surface area contributed by atoms with Crippen molar-refractivity contribution < 1.29 is 9.53 Å². The van der Waals surface area contributed by atoms with Gasteiger partial charge in [-0.2, -0.15) is 0 Å². The Morgan fingerprint density at radius 3 is 2.93 bits per heavy atom. The summed E-state index contributed by atoms with van der Waals surface area (Å²) in [5, 5.41) is 0.509. The van der Waals surface area contributed by atoms with Crippen molar-refractivity contribution in [2.24, 2.45) is 0 Å². The van der Waals surface area contributed by atoms with Crippen LogP contribution in [0, 0.1) is 0 Å². The number of carbonyl (C=O) groups excluding carboxylic acids is 1. The number of halogens is 1. The summed E-state index contributed by atoms with van der Waals surface area (Å²) in [6, 6.07) is 3.55. The summed E-state index contributed by atoms with van der Waals surface area (Å²) in [7, 11) is 0. The van der Waals surface area contributed by atoms with Crippen molar-refractivity contribution in [1.29, 1.82) is 0 Å². The largest absolute Gasteiger partial charge is 0.379 e. The van der Waals surface area contributed by atoms with Gasteiger partial charge >= 0.3 is 0 Å². The van der Waals surface area contributed by atoms with E-state index in [0.717, 1.165) is 18.1 Å². The van der Waals surface area contributed by atoms with Crippen LogP contribution in [0.25, 0.3) is 0 Å². The van der Waals surface area contributed by atoms with E-state index in [4.69, 9.17) is 16.3 Å². The van der Waals surface area contributed by atoms with E-state index in [1.54, 1.807) is 23.9 Å². The summed E-state index contributed by atoms with van der Waals surface area (Å²) >= 11 is 8.75. The maximum absolute atomic E-state index is 11.6. The topological polar surface area (TPSA) is 26.3 Å². The van der Waals surface area contributed by atoms with Gasteiger partial charge in [0.1, 0.15) is 0 Å². The first-order valence-corrected chi connectivity index (χ1v) is 6.48. The average Bonchev–Trinajstić information content (AvgIpc) is 2.49. The molecular formula is C9H9ClO2S2. The van der Waals surface area contributed by atoms with Crippen LogP contribution >= 0.6 is 34.7 Å². The highest BCUT2D eigenvalue weighted by atomic mass is 35.5. The van der Waals surface area contributed by atoms with E-state index in [2.05, 4.69) is 0 Å². The van der Waals surface area contributed by atoms with Crippen LogP contribution in [0.15, 0.2) is 12.1 Å². The molecule has 0 aromatic carbocycles. The van der Waals surface area contributed by atoms with Crippen molar-refractivity contribution in [3.8, 4) is 0 Å². The Balaban J connectivity index is 1.82. The third kappa shape index (κ3) is 2.51. The number of hydrogen-bond acceptors (Lipinski definition) is 4. The molecule has 0 radical (unpaired) electrons. The zero-order valence-corrected chi connectivity index (χ0v) is 9.75. The normalized spacial score (nSPS) is 16.6. The van der Waals surface area contributed by atoms with Crippen LogP contribution in [0.2, 0.25) is 4.34 Å². The molecule has 0 N–H and O–H groups in total. The van der Waals surface area contributed by atoms with Gasteiger partial charge in [0.25, 0.3) is 0 Å². The lowest BCUT2D eigenvalue weighted by Crippen LogP contribution is -2.31. The Morgan fingerprint density at radius 2 is 2.43 bits per heavy atom. The van der Waals surface area contributed by atoms with E-state index in [1.807, 2.05) is 0 Å². The maximum Gasteiger partial charge on any atom is 0.182 e. The molecule has 1 aromatic heterocycles. The summed E-state index contributed by atoms with van der Waals surface area (Å²) < 4.78 is 5.70. The third-order valence-electron chi connectivity index (χ3n) is 1.91. The minimum absolute atomic E-state index is 0.166. The predicted octanol–water partition coefficient (Wildman–Crippen LogP) is 2.72. The van der Waals surface area contributed by atoms with Crippen LogP contribution < -0.4 is 0 Å². The second-order valence-electron chi connectivity index (χ2n) is 3.00. The van der Waals surface area contributed by atoms with Gasteiger partial charge in [0, 0.05) is 0 Å². The number of Topliss-reactive ketones (excluding diaryl/α,β-unsaturated/α-hetero) is 1. The third-order valence-corrected chi connectivity index (χ3v) is 4.35. The predicted molar refractivity (Wildman–Crippen MR) is 60.7 cm³/mol. The highest BCUT2D eigenvalue weighted by Crippen LogP contribution is 2.25. The standard InChI is InChI=1S/C9H9ClO2S2/c10-9-2-1-8(14-9)7(11)5-13-6-3-12-4-6/h1-2,6H,3-5H2. The fraction of sp³-hybridized carbons (Fsp3) is 0.444. The minimum Gasteiger partial charge on any atom is -0.379 e. The number of ketones is 1. The van der Waals surface area contributed by atoms with E-state index < -0.39 is 0 Å². The van der Waals surface area contributed by atoms with Gasteiger partial charge in [-0.05, 0) is 12.1 Å². The molecule has 0 bridgehead atoms. The Hall–Kier alpha value is -0.0300. The number of thiophene rings is 1. The minimum atomic E-state index is 0.166. The SMILES string of the molecule is O=C(CSC1COC1)c1ccc(Cl)s1. The first-order chi connectivity index (χ1) is 6.75. The van der Waals surface area contributed by atoms with Crippen molar-refractivity contribution in [3.63, 3.8) is 0 Å². The van der Waals surface area contributed by atoms with Crippen LogP contribution in [0.4, 0.5) is 0 Å². The molecule has 0 spiro atoms. The smallest absolute Gasteiger partial charge is 0.182 e. The van der Waals surface area contributed by atoms with Gasteiger partial charge in [-0.3, -0.25) is 4.79 Å². The second-order valence-corrected chi connectivity index (χ2v) is 6.00. The molecule has 5 heteroatoms. The molecule has 14 heavy (non-hydrogen) atoms. The molecule has 76 valence electrons. The first kappa shape index (κ1) is 10.5. The Morgan fingerprint density at radius 1 is 1.64 bits per heavy atom. The van der Waals surface area contributed by atoms with Gasteiger partial charge in [-0.1, -0.05) is 11.6 Å². The van der Waals surface area contributed by atoms with E-state index in [0.29, 0.717) is 15.3 Å². The molecule has 2 nitrogen and oxygen atoms in total. The summed E-state index contributed by atoms with van der Waals surface area (Å²) in [6.45, 7) is 1.56. The summed E-state index contributed by atoms with van der Waals surface area (Å²) in [5.74, 6) is 0.698. The molecule has 1 aromatic rings. The summed E-state index contributed by atoms with van der Waals surface area (Å²) in [5.41, 5.74) is 0. The highest BCUT2D eigenvalue weighted by Gasteiger charge is 2.20. The van der Waals surface area contributed by atoms with Crippen molar-refractivity contribution >= 4 is 40.5 Å². The Labute approximate surface area is 95.6 Å². The molecule has 2 rings (SSSR count). The van der Waals surface area contributed by atoms with Gasteiger partial charge in [-0.15, -0.1) is 23.1 Å². The Bertz CT molecular complexity index is 333. The zero-order valence-electron chi connectivity index (χ0n) is 7.36. The molecule has 0 unspecified atom stereocenters. The average molecular weight is 249 g/mol. The molecule has 1 saturated heterocycles. The first-order valence-electron chi connectivity index (χ1n) is 4.23. The number of thioether (sulfide) groups is 1. The van der Waals surface area contributed by atoms with Crippen LogP contribution in [-0.4, -0.2) is 30.0 Å². The van der Waals surface area contributed by atoms with Gasteiger partial charge < -0.3 is 4.74 Å². The molecular weight excluding hydrogens is 240 g/mol. The van der Waals surface area contributed by atoms with E-state index >= 15 is 0 Å². The molecule has 1 aliphatic heterocycles. The van der Waals surface area contributed by atoms with Gasteiger partial charge in [0.05, 0.1) is 33.4 Å². The molecule has 1 fully saturated rings. The molecule has 2 heterocycles. The van der Waals surface area contributed by atoms with Crippen LogP contribution in [0.5, 0.6) is 0 Å². The zero-order chi connectivity index (χ0) is 9.97. The van der Waals surface area contributed by atoms with Gasteiger partial charge in [0.2, 0.25) is 0 Å². The fourth-order valence-electron chi connectivity index (χ4n) is 1.04. The van der Waals surface area contributed by atoms with Crippen molar-refractivity contribution in [1.82, 2.24) is 0 Å². The number of ether oxygens (including phenoxy) is 1. The molecule has 0 aliphatic carbocycles. The summed E-state index contributed by atoms with van der Waals surface area (Å²) in [4.78, 5) is 12.3. The van der Waals surface area contributed by atoms with Crippen LogP contribution in [-0.2, 0) is 4.74 Å². The van der Waals surface area contributed by atoms with Crippen LogP contribution in [0.1, 0.15) is 9.67 Å². The van der Waals surface area contributed by atoms with E-state index in [9.17, 15) is 4.79 Å². The lowest BCUT2D eigenvalue weighted by Gasteiger charge is -2.24. The molecule has 0 saturated carbocycles. The molecule has 1 aliphatic rings. The molecule has 0 amide bonds. The van der Waals surface area contributed by atoms with Crippen molar-refractivity contribution in [2.45, 2.75) is 5.25 Å². The fourth-order valence-corrected chi connectivity index (χ4v) is 3.04. The molecule has 0 atom stereocenters. The van der Waals surface area contributed by atoms with E-state index in [-0.39, 0.29) is 5.78 Å². The van der Waals surface area contributed by atoms with Crippen molar-refractivity contribution in [3.05, 3.63) is 21.3 Å². The van der Waals surface area contributed by atoms with Gasteiger partial charge in [0.15, 0.2) is 5.78 Å². The van der Waals surface area contributed by atoms with E-state index in [1.165, 1.54) is 11.3 Å². The number of rotatable bonds is 4.